The third-order valence-corrected chi connectivity index (χ3v) is 3.32. The Hall–Kier alpha value is -3.01. The van der Waals surface area contributed by atoms with E-state index in [4.69, 9.17) is 15.1 Å². The van der Waals surface area contributed by atoms with Crippen molar-refractivity contribution in [2.45, 2.75) is 26.4 Å². The molecule has 0 radical (unpaired) electrons. The van der Waals surface area contributed by atoms with E-state index in [0.29, 0.717) is 5.75 Å². The Morgan fingerprint density at radius 1 is 1.33 bits per heavy atom. The van der Waals surface area contributed by atoms with E-state index in [1.807, 2.05) is 0 Å². The van der Waals surface area contributed by atoms with Gasteiger partial charge in [0, 0.05) is 12.7 Å². The zero-order chi connectivity index (χ0) is 18.1. The summed E-state index contributed by atoms with van der Waals surface area (Å²) in [7, 11) is 1.56. The van der Waals surface area contributed by atoms with Crippen LogP contribution in [0.15, 0.2) is 36.0 Å². The van der Waals surface area contributed by atoms with Gasteiger partial charge in [0.25, 0.3) is 5.91 Å². The molecule has 128 valence electrons. The number of nitrogens with one attached hydrogen (secondary N) is 2. The first-order chi connectivity index (χ1) is 11.4. The van der Waals surface area contributed by atoms with Gasteiger partial charge in [-0.25, -0.2) is 4.79 Å². The number of hydrogen-bond donors (Lipinski definition) is 3. The number of ether oxygens (including phenoxy) is 1. The Labute approximate surface area is 140 Å². The van der Waals surface area contributed by atoms with Crippen molar-refractivity contribution < 1.29 is 19.4 Å². The zero-order valence-electron chi connectivity index (χ0n) is 13.9. The molecular formula is C17H21N3O4. The van der Waals surface area contributed by atoms with E-state index in [2.05, 4.69) is 10.6 Å². The van der Waals surface area contributed by atoms with E-state index in [9.17, 15) is 9.59 Å². The molecule has 0 aliphatic carbocycles. The summed E-state index contributed by atoms with van der Waals surface area (Å²) in [5.41, 5.74) is 0.662. The van der Waals surface area contributed by atoms with E-state index in [1.165, 1.54) is 0 Å². The molecule has 1 amide bonds. The highest BCUT2D eigenvalue weighted by atomic mass is 16.5. The minimum Gasteiger partial charge on any atom is -0.497 e. The first kappa shape index (κ1) is 19.0. The fraction of sp³-hybridized carbons (Fsp3) is 0.353. The van der Waals surface area contributed by atoms with Crippen LogP contribution in [0.3, 0.4) is 0 Å². The number of carbonyl (C=O) groups is 2. The smallest absolute Gasteiger partial charge is 0.326 e. The highest BCUT2D eigenvalue weighted by Crippen LogP contribution is 2.11. The van der Waals surface area contributed by atoms with Crippen LogP contribution in [0, 0.1) is 17.2 Å². The van der Waals surface area contributed by atoms with Crippen LogP contribution in [0.1, 0.15) is 19.4 Å². The molecule has 1 atom stereocenters. The second-order valence-electron chi connectivity index (χ2n) is 5.43. The van der Waals surface area contributed by atoms with Gasteiger partial charge in [0.15, 0.2) is 0 Å². The van der Waals surface area contributed by atoms with Gasteiger partial charge in [-0.1, -0.05) is 26.0 Å². The third kappa shape index (κ3) is 5.65. The summed E-state index contributed by atoms with van der Waals surface area (Å²) in [5, 5.41) is 23.4. The molecule has 0 spiro atoms. The van der Waals surface area contributed by atoms with Crippen molar-refractivity contribution in [1.29, 1.82) is 5.26 Å². The number of amides is 1. The summed E-state index contributed by atoms with van der Waals surface area (Å²) < 4.78 is 5.05. The Balaban J connectivity index is 2.67. The Morgan fingerprint density at radius 2 is 1.96 bits per heavy atom. The van der Waals surface area contributed by atoms with E-state index in [-0.39, 0.29) is 18.0 Å². The van der Waals surface area contributed by atoms with Gasteiger partial charge < -0.3 is 20.5 Å². The lowest BCUT2D eigenvalue weighted by Gasteiger charge is -2.16. The summed E-state index contributed by atoms with van der Waals surface area (Å²) in [6, 6.07) is 8.02. The molecule has 1 aromatic carbocycles. The normalized spacial score (nSPS) is 12.2. The molecule has 0 aliphatic heterocycles. The monoisotopic (exact) mass is 331 g/mol. The van der Waals surface area contributed by atoms with Crippen molar-refractivity contribution >= 4 is 11.9 Å². The van der Waals surface area contributed by atoms with Gasteiger partial charge in [0.1, 0.15) is 23.4 Å². The number of carbonyl (C=O) groups excluding carboxylic acids is 1. The largest absolute Gasteiger partial charge is 0.497 e. The third-order valence-electron chi connectivity index (χ3n) is 3.32. The van der Waals surface area contributed by atoms with Crippen LogP contribution in [0.5, 0.6) is 5.75 Å². The summed E-state index contributed by atoms with van der Waals surface area (Å²) in [4.78, 5) is 23.1. The molecule has 7 heteroatoms. The standard InChI is InChI=1S/C17H21N3O4/c1-11(2)15(17(22)23)19-10-13(8-18)16(21)20-9-12-4-6-14(24-3)7-5-12/h4-7,10-11,15,19H,9H2,1-3H3,(H,20,21)(H,22,23)/b13-10-. The number of aliphatic carboxylic acids is 1. The average molecular weight is 331 g/mol. The summed E-state index contributed by atoms with van der Waals surface area (Å²) >= 11 is 0. The minimum atomic E-state index is -1.04. The number of carboxylic acids is 1. The van der Waals surface area contributed by atoms with Crippen molar-refractivity contribution in [1.82, 2.24) is 10.6 Å². The van der Waals surface area contributed by atoms with Crippen LogP contribution in [-0.2, 0) is 16.1 Å². The van der Waals surface area contributed by atoms with Gasteiger partial charge in [-0.05, 0) is 23.6 Å². The van der Waals surface area contributed by atoms with Crippen LogP contribution in [0.25, 0.3) is 0 Å². The number of methoxy groups -OCH3 is 1. The molecule has 1 aromatic rings. The number of rotatable bonds is 8. The molecule has 7 nitrogen and oxygen atoms in total. The Morgan fingerprint density at radius 3 is 2.42 bits per heavy atom. The Kier molecular flexibility index (Phi) is 7.30. The second kappa shape index (κ2) is 9.20. The molecule has 0 bridgehead atoms. The van der Waals surface area contributed by atoms with Gasteiger partial charge in [-0.15, -0.1) is 0 Å². The lowest BCUT2D eigenvalue weighted by molar-refractivity contribution is -0.140. The summed E-state index contributed by atoms with van der Waals surface area (Å²) in [5.74, 6) is -1.10. The van der Waals surface area contributed by atoms with Crippen LogP contribution < -0.4 is 15.4 Å². The van der Waals surface area contributed by atoms with Crippen LogP contribution in [0.4, 0.5) is 0 Å². The van der Waals surface area contributed by atoms with Crippen molar-refractivity contribution in [2.24, 2.45) is 5.92 Å². The topological polar surface area (TPSA) is 111 Å². The molecule has 0 saturated heterocycles. The molecule has 0 fully saturated rings. The lowest BCUT2D eigenvalue weighted by Crippen LogP contribution is -2.38. The van der Waals surface area contributed by atoms with Gasteiger partial charge in [0.2, 0.25) is 0 Å². The predicted molar refractivity (Wildman–Crippen MR) is 87.9 cm³/mol. The van der Waals surface area contributed by atoms with Gasteiger partial charge in [0.05, 0.1) is 7.11 Å². The molecule has 0 heterocycles. The van der Waals surface area contributed by atoms with Crippen molar-refractivity contribution in [2.75, 3.05) is 7.11 Å². The maximum atomic E-state index is 12.0. The molecule has 0 aliphatic rings. The van der Waals surface area contributed by atoms with Gasteiger partial charge >= 0.3 is 5.97 Å². The van der Waals surface area contributed by atoms with Crippen LogP contribution in [0.2, 0.25) is 0 Å². The van der Waals surface area contributed by atoms with Crippen LogP contribution in [-0.4, -0.2) is 30.1 Å². The maximum absolute atomic E-state index is 12.0. The molecule has 1 unspecified atom stereocenters. The summed E-state index contributed by atoms with van der Waals surface area (Å²) in [6.45, 7) is 3.71. The fourth-order valence-corrected chi connectivity index (χ4v) is 1.89. The number of benzene rings is 1. The molecule has 24 heavy (non-hydrogen) atoms. The molecule has 0 aromatic heterocycles. The Bertz CT molecular complexity index is 645. The number of nitrogens with zero attached hydrogens (tertiary/aromatic N) is 1. The van der Waals surface area contributed by atoms with Crippen molar-refractivity contribution in [3.8, 4) is 11.8 Å². The predicted octanol–water partition coefficient (Wildman–Crippen LogP) is 1.42. The first-order valence-corrected chi connectivity index (χ1v) is 7.39. The summed E-state index contributed by atoms with van der Waals surface area (Å²) in [6.07, 6.45) is 1.14. The molecule has 3 N–H and O–H groups in total. The SMILES string of the molecule is COc1ccc(CNC(=O)/C(C#N)=C\NC(C(=O)O)C(C)C)cc1. The van der Waals surface area contributed by atoms with Gasteiger partial charge in [-0.2, -0.15) is 5.26 Å². The molecular weight excluding hydrogens is 310 g/mol. The van der Waals surface area contributed by atoms with Crippen LogP contribution >= 0.6 is 0 Å². The van der Waals surface area contributed by atoms with Crippen molar-refractivity contribution in [3.05, 3.63) is 41.6 Å². The van der Waals surface area contributed by atoms with E-state index < -0.39 is 17.9 Å². The lowest BCUT2D eigenvalue weighted by atomic mass is 10.1. The first-order valence-electron chi connectivity index (χ1n) is 7.39. The number of hydrogen-bond acceptors (Lipinski definition) is 5. The van der Waals surface area contributed by atoms with E-state index in [1.54, 1.807) is 51.3 Å². The minimum absolute atomic E-state index is 0.185. The zero-order valence-corrected chi connectivity index (χ0v) is 13.9. The van der Waals surface area contributed by atoms with E-state index >= 15 is 0 Å². The molecule has 0 saturated carbocycles. The van der Waals surface area contributed by atoms with E-state index in [0.717, 1.165) is 11.8 Å². The highest BCUT2D eigenvalue weighted by molar-refractivity contribution is 5.97. The highest BCUT2D eigenvalue weighted by Gasteiger charge is 2.20. The van der Waals surface area contributed by atoms with Gasteiger partial charge in [-0.3, -0.25) is 4.79 Å². The van der Waals surface area contributed by atoms with Crippen molar-refractivity contribution in [3.63, 3.8) is 0 Å². The fourth-order valence-electron chi connectivity index (χ4n) is 1.89. The average Bonchev–Trinajstić information content (AvgIpc) is 2.56. The second-order valence-corrected chi connectivity index (χ2v) is 5.43. The number of nitriles is 1. The quantitative estimate of drug-likeness (QED) is 0.491. The maximum Gasteiger partial charge on any atom is 0.326 e. The molecule has 1 rings (SSSR count). The number of carboxylic acid groups (broad SMARTS) is 1.